The molecule has 0 aromatic heterocycles. The van der Waals surface area contributed by atoms with Crippen LogP contribution in [0.2, 0.25) is 0 Å². The largest absolute Gasteiger partial charge is 0.366 e. The molecule has 0 unspecified atom stereocenters. The minimum atomic E-state index is 0.0411. The lowest BCUT2D eigenvalue weighted by molar-refractivity contribution is 0.598. The Balaban J connectivity index is 1.95. The third kappa shape index (κ3) is 3.18. The molecular formula is C21H23BrN2. The van der Waals surface area contributed by atoms with E-state index in [0.717, 1.165) is 15.7 Å². The van der Waals surface area contributed by atoms with E-state index in [9.17, 15) is 0 Å². The predicted molar refractivity (Wildman–Crippen MR) is 109 cm³/mol. The molecule has 0 aliphatic carbocycles. The maximum absolute atomic E-state index is 4.63. The molecule has 0 saturated carbocycles. The van der Waals surface area contributed by atoms with E-state index in [1.807, 2.05) is 12.3 Å². The molecule has 24 heavy (non-hydrogen) atoms. The van der Waals surface area contributed by atoms with Crippen LogP contribution in [0.5, 0.6) is 0 Å². The number of halogens is 1. The number of anilines is 1. The van der Waals surface area contributed by atoms with Crippen molar-refractivity contribution in [2.75, 3.05) is 11.9 Å². The van der Waals surface area contributed by atoms with Crippen LogP contribution in [0.15, 0.2) is 51.9 Å². The molecule has 0 fully saturated rings. The molecule has 3 heteroatoms. The molecule has 0 atom stereocenters. The average molecular weight is 383 g/mol. The van der Waals surface area contributed by atoms with Gasteiger partial charge in [-0.05, 0) is 84.6 Å². The molecule has 1 heterocycles. The van der Waals surface area contributed by atoms with Crippen molar-refractivity contribution in [3.05, 3.63) is 63.6 Å². The first kappa shape index (κ1) is 17.0. The Kier molecular flexibility index (Phi) is 4.39. The molecule has 3 rings (SSSR count). The molecular weight excluding hydrogens is 360 g/mol. The van der Waals surface area contributed by atoms with Crippen LogP contribution in [0.25, 0.3) is 5.57 Å². The molecule has 2 nitrogen and oxygen atoms in total. The monoisotopic (exact) mass is 382 g/mol. The molecule has 0 spiro atoms. The Labute approximate surface area is 153 Å². The van der Waals surface area contributed by atoms with Gasteiger partial charge in [0.1, 0.15) is 0 Å². The van der Waals surface area contributed by atoms with E-state index in [2.05, 4.69) is 97.0 Å². The summed E-state index contributed by atoms with van der Waals surface area (Å²) in [5, 5.41) is 0. The zero-order chi connectivity index (χ0) is 17.5. The Morgan fingerprint density at radius 3 is 2.54 bits per heavy atom. The number of rotatable bonds is 2. The highest BCUT2D eigenvalue weighted by atomic mass is 79.9. The molecule has 0 bridgehead atoms. The van der Waals surface area contributed by atoms with Gasteiger partial charge in [-0.2, -0.15) is 0 Å². The summed E-state index contributed by atoms with van der Waals surface area (Å²) in [5.41, 5.74) is 7.20. The molecule has 0 saturated heterocycles. The summed E-state index contributed by atoms with van der Waals surface area (Å²) < 4.78 is 1.02. The van der Waals surface area contributed by atoms with Crippen molar-refractivity contribution in [3.8, 4) is 0 Å². The van der Waals surface area contributed by atoms with Gasteiger partial charge in [0.15, 0.2) is 0 Å². The number of likely N-dealkylation sites (N-methyl/N-ethyl adjacent to an activating group) is 1. The van der Waals surface area contributed by atoms with Gasteiger partial charge in [-0.15, -0.1) is 0 Å². The first-order chi connectivity index (χ1) is 11.3. The predicted octanol–water partition coefficient (Wildman–Crippen LogP) is 6.14. The van der Waals surface area contributed by atoms with Crippen LogP contribution in [0.4, 0.5) is 11.4 Å². The van der Waals surface area contributed by atoms with E-state index >= 15 is 0 Å². The second-order valence-corrected chi connectivity index (χ2v) is 7.88. The zero-order valence-electron chi connectivity index (χ0n) is 14.9. The molecule has 1 aliphatic rings. The summed E-state index contributed by atoms with van der Waals surface area (Å²) in [6.45, 7) is 8.74. The highest BCUT2D eigenvalue weighted by Gasteiger charge is 2.28. The number of hydrogen-bond acceptors (Lipinski definition) is 2. The van der Waals surface area contributed by atoms with Gasteiger partial charge in [0.05, 0.1) is 11.2 Å². The number of hydrogen-bond donors (Lipinski definition) is 0. The maximum atomic E-state index is 4.63. The summed E-state index contributed by atoms with van der Waals surface area (Å²) in [6, 6.07) is 12.8. The smallest absolute Gasteiger partial charge is 0.0772 e. The van der Waals surface area contributed by atoms with Crippen LogP contribution in [0.1, 0.15) is 37.5 Å². The highest BCUT2D eigenvalue weighted by molar-refractivity contribution is 9.10. The molecule has 124 valence electrons. The molecule has 0 radical (unpaired) electrons. The Morgan fingerprint density at radius 1 is 1.08 bits per heavy atom. The van der Waals surface area contributed by atoms with E-state index < -0.39 is 0 Å². The second kappa shape index (κ2) is 6.21. The van der Waals surface area contributed by atoms with Crippen LogP contribution in [0, 0.1) is 6.92 Å². The fourth-order valence-corrected chi connectivity index (χ4v) is 3.71. The van der Waals surface area contributed by atoms with Gasteiger partial charge in [0.2, 0.25) is 0 Å². The number of allylic oxidation sites excluding steroid dienone is 1. The van der Waals surface area contributed by atoms with Crippen LogP contribution in [0.3, 0.4) is 0 Å². The SMILES string of the molecule is CC1=CC(C)(C)N(C)c2ccc(C=Nc3ccc(C)cc3Br)cc21. The summed E-state index contributed by atoms with van der Waals surface area (Å²) in [7, 11) is 2.15. The van der Waals surface area contributed by atoms with Crippen LogP contribution in [-0.4, -0.2) is 18.8 Å². The van der Waals surface area contributed by atoms with Gasteiger partial charge in [-0.25, -0.2) is 0 Å². The van der Waals surface area contributed by atoms with Crippen molar-refractivity contribution in [1.82, 2.24) is 0 Å². The summed E-state index contributed by atoms with van der Waals surface area (Å²) in [4.78, 5) is 6.96. The van der Waals surface area contributed by atoms with Gasteiger partial charge < -0.3 is 4.90 Å². The standard InChI is InChI=1S/C21H23BrN2/c1-14-6-8-19(18(22)10-14)23-13-16-7-9-20-17(11-16)15(2)12-21(3,4)24(20)5/h6-13H,1-5H3. The van der Waals surface area contributed by atoms with Crippen molar-refractivity contribution in [3.63, 3.8) is 0 Å². The average Bonchev–Trinajstić information content (AvgIpc) is 2.51. The Hall–Kier alpha value is -1.87. The van der Waals surface area contributed by atoms with Crippen LogP contribution >= 0.6 is 15.9 Å². The first-order valence-corrected chi connectivity index (χ1v) is 8.95. The van der Waals surface area contributed by atoms with Gasteiger partial charge in [-0.3, -0.25) is 4.99 Å². The summed E-state index contributed by atoms with van der Waals surface area (Å²) in [6.07, 6.45) is 4.26. The third-order valence-electron chi connectivity index (χ3n) is 4.70. The van der Waals surface area contributed by atoms with Crippen LogP contribution < -0.4 is 4.90 Å². The third-order valence-corrected chi connectivity index (χ3v) is 5.33. The maximum Gasteiger partial charge on any atom is 0.0772 e. The number of benzene rings is 2. The van der Waals surface area contributed by atoms with Crippen molar-refractivity contribution >= 4 is 39.1 Å². The molecule has 1 aliphatic heterocycles. The number of nitrogens with zero attached hydrogens (tertiary/aromatic N) is 2. The first-order valence-electron chi connectivity index (χ1n) is 8.16. The van der Waals surface area contributed by atoms with E-state index in [1.165, 1.54) is 22.4 Å². The normalized spacial score (nSPS) is 16.2. The molecule has 0 amide bonds. The number of fused-ring (bicyclic) bond motifs is 1. The fraction of sp³-hybridized carbons (Fsp3) is 0.286. The number of aryl methyl sites for hydroxylation is 1. The topological polar surface area (TPSA) is 15.6 Å². The number of aliphatic imine (C=N–C) groups is 1. The van der Waals surface area contributed by atoms with Crippen LogP contribution in [-0.2, 0) is 0 Å². The molecule has 2 aromatic carbocycles. The minimum absolute atomic E-state index is 0.0411. The van der Waals surface area contributed by atoms with Crippen molar-refractivity contribution < 1.29 is 0 Å². The lowest BCUT2D eigenvalue weighted by Crippen LogP contribution is -2.42. The van der Waals surface area contributed by atoms with E-state index in [0.29, 0.717) is 0 Å². The van der Waals surface area contributed by atoms with Gasteiger partial charge in [0, 0.05) is 29.0 Å². The van der Waals surface area contributed by atoms with Gasteiger partial charge in [-0.1, -0.05) is 18.2 Å². The van der Waals surface area contributed by atoms with Gasteiger partial charge in [0.25, 0.3) is 0 Å². The van der Waals surface area contributed by atoms with E-state index in [1.54, 1.807) is 0 Å². The van der Waals surface area contributed by atoms with Gasteiger partial charge >= 0.3 is 0 Å². The van der Waals surface area contributed by atoms with Crippen molar-refractivity contribution in [2.45, 2.75) is 33.2 Å². The van der Waals surface area contributed by atoms with E-state index in [-0.39, 0.29) is 5.54 Å². The van der Waals surface area contributed by atoms with E-state index in [4.69, 9.17) is 0 Å². The summed E-state index contributed by atoms with van der Waals surface area (Å²) in [5.74, 6) is 0. The molecule has 0 N–H and O–H groups in total. The molecule has 2 aromatic rings. The second-order valence-electron chi connectivity index (χ2n) is 7.03. The Bertz CT molecular complexity index is 847. The fourth-order valence-electron chi connectivity index (χ4n) is 3.12. The van der Waals surface area contributed by atoms with Crippen molar-refractivity contribution in [2.24, 2.45) is 4.99 Å². The quantitative estimate of drug-likeness (QED) is 0.569. The van der Waals surface area contributed by atoms with Crippen molar-refractivity contribution in [1.29, 1.82) is 0 Å². The zero-order valence-corrected chi connectivity index (χ0v) is 16.5. The lowest BCUT2D eigenvalue weighted by atomic mass is 9.89. The lowest BCUT2D eigenvalue weighted by Gasteiger charge is -2.40. The minimum Gasteiger partial charge on any atom is -0.366 e. The Morgan fingerprint density at radius 2 is 1.83 bits per heavy atom. The summed E-state index contributed by atoms with van der Waals surface area (Å²) >= 11 is 3.58. The highest BCUT2D eigenvalue weighted by Crippen LogP contribution is 2.38.